The number of guanidine groups is 1. The first kappa shape index (κ1) is 25.2. The minimum Gasteiger partial charge on any atom is -0.357 e. The predicted octanol–water partition coefficient (Wildman–Crippen LogP) is 3.26. The van der Waals surface area contributed by atoms with E-state index in [1.807, 2.05) is 11.7 Å². The summed E-state index contributed by atoms with van der Waals surface area (Å²) in [6, 6.07) is 0.828. The maximum atomic E-state index is 4.94. The van der Waals surface area contributed by atoms with Crippen LogP contribution in [-0.4, -0.2) is 58.9 Å². The van der Waals surface area contributed by atoms with E-state index in [0.29, 0.717) is 18.0 Å². The van der Waals surface area contributed by atoms with E-state index in [1.54, 1.807) is 0 Å². The second-order valence-corrected chi connectivity index (χ2v) is 8.30. The van der Waals surface area contributed by atoms with Gasteiger partial charge in [-0.1, -0.05) is 13.8 Å². The zero-order valence-electron chi connectivity index (χ0n) is 18.9. The Bertz CT molecular complexity index is 619. The van der Waals surface area contributed by atoms with Gasteiger partial charge in [0.2, 0.25) is 0 Å². The van der Waals surface area contributed by atoms with Crippen LogP contribution in [0.4, 0.5) is 0 Å². The van der Waals surface area contributed by atoms with Crippen LogP contribution in [-0.2, 0) is 13.5 Å². The van der Waals surface area contributed by atoms with E-state index in [2.05, 4.69) is 62.2 Å². The summed E-state index contributed by atoms with van der Waals surface area (Å²) in [7, 11) is 2.01. The highest BCUT2D eigenvalue weighted by Gasteiger charge is 2.24. The lowest BCUT2D eigenvalue weighted by atomic mass is 10.0. The molecule has 0 amide bonds. The molecule has 2 rings (SSSR count). The van der Waals surface area contributed by atoms with Crippen LogP contribution in [0.3, 0.4) is 0 Å². The molecule has 0 saturated carbocycles. The lowest BCUT2D eigenvalue weighted by Gasteiger charge is -2.30. The highest BCUT2D eigenvalue weighted by molar-refractivity contribution is 14.0. The van der Waals surface area contributed by atoms with Crippen molar-refractivity contribution in [2.24, 2.45) is 18.0 Å². The number of aliphatic imine (C=N–C) groups is 1. The fourth-order valence-corrected chi connectivity index (χ4v) is 4.03. The fourth-order valence-electron chi connectivity index (χ4n) is 4.03. The van der Waals surface area contributed by atoms with Crippen molar-refractivity contribution in [3.63, 3.8) is 0 Å². The molecular weight excluding hydrogens is 463 g/mol. The summed E-state index contributed by atoms with van der Waals surface area (Å²) in [5.41, 5.74) is 3.71. The maximum Gasteiger partial charge on any atom is 0.191 e. The molecule has 7 heteroatoms. The van der Waals surface area contributed by atoms with Gasteiger partial charge in [-0.05, 0) is 71.5 Å². The van der Waals surface area contributed by atoms with Crippen LogP contribution in [0, 0.1) is 19.8 Å². The summed E-state index contributed by atoms with van der Waals surface area (Å²) in [6.07, 6.45) is 3.61. The van der Waals surface area contributed by atoms with Crippen molar-refractivity contribution in [2.45, 2.75) is 72.9 Å². The van der Waals surface area contributed by atoms with E-state index in [0.717, 1.165) is 31.2 Å². The standard InChI is InChI=1S/C21H40N6.HI/c1-8-22-21(23-14-20(15(2)3)27-11-9-10-12-27)24-16(4)13-19-17(5)25-26(7)18(19)6;/h15-16,20H,8-14H2,1-7H3,(H2,22,23,24);1H. The molecule has 1 fully saturated rings. The van der Waals surface area contributed by atoms with Crippen molar-refractivity contribution in [2.75, 3.05) is 26.2 Å². The van der Waals surface area contributed by atoms with E-state index in [1.165, 1.54) is 37.2 Å². The van der Waals surface area contributed by atoms with Crippen molar-refractivity contribution in [1.82, 2.24) is 25.3 Å². The van der Waals surface area contributed by atoms with Crippen LogP contribution in [0.25, 0.3) is 0 Å². The largest absolute Gasteiger partial charge is 0.357 e. The zero-order valence-corrected chi connectivity index (χ0v) is 21.2. The molecule has 0 radical (unpaired) electrons. The van der Waals surface area contributed by atoms with Crippen molar-refractivity contribution in [1.29, 1.82) is 0 Å². The summed E-state index contributed by atoms with van der Waals surface area (Å²) in [4.78, 5) is 7.56. The van der Waals surface area contributed by atoms with Gasteiger partial charge >= 0.3 is 0 Å². The van der Waals surface area contributed by atoms with E-state index < -0.39 is 0 Å². The molecular formula is C21H41IN6. The Morgan fingerprint density at radius 1 is 1.18 bits per heavy atom. The number of nitrogens with one attached hydrogen (secondary N) is 2. The van der Waals surface area contributed by atoms with Gasteiger partial charge in [-0.15, -0.1) is 24.0 Å². The summed E-state index contributed by atoms with van der Waals surface area (Å²) in [6.45, 7) is 17.4. The van der Waals surface area contributed by atoms with Crippen molar-refractivity contribution < 1.29 is 0 Å². The molecule has 1 aliphatic rings. The first-order valence-corrected chi connectivity index (χ1v) is 10.6. The molecule has 2 unspecified atom stereocenters. The van der Waals surface area contributed by atoms with Crippen LogP contribution in [0.15, 0.2) is 4.99 Å². The lowest BCUT2D eigenvalue weighted by Crippen LogP contribution is -2.45. The molecule has 6 nitrogen and oxygen atoms in total. The molecule has 1 aromatic rings. The van der Waals surface area contributed by atoms with Crippen molar-refractivity contribution in [3.05, 3.63) is 17.0 Å². The van der Waals surface area contributed by atoms with Crippen molar-refractivity contribution >= 4 is 29.9 Å². The molecule has 28 heavy (non-hydrogen) atoms. The second-order valence-electron chi connectivity index (χ2n) is 8.30. The van der Waals surface area contributed by atoms with E-state index >= 15 is 0 Å². The first-order valence-electron chi connectivity index (χ1n) is 10.6. The van der Waals surface area contributed by atoms with Crippen LogP contribution in [0.1, 0.15) is 57.5 Å². The summed E-state index contributed by atoms with van der Waals surface area (Å²) >= 11 is 0. The SMILES string of the molecule is CCNC(=NCC(C(C)C)N1CCCC1)NC(C)Cc1c(C)nn(C)c1C.I. The van der Waals surface area contributed by atoms with Crippen LogP contribution >= 0.6 is 24.0 Å². The number of aromatic nitrogens is 2. The average molecular weight is 505 g/mol. The second kappa shape index (κ2) is 12.0. The Kier molecular flexibility index (Phi) is 10.8. The van der Waals surface area contributed by atoms with Gasteiger partial charge in [0, 0.05) is 31.4 Å². The Morgan fingerprint density at radius 3 is 2.32 bits per heavy atom. The number of halogens is 1. The van der Waals surface area contributed by atoms with E-state index in [4.69, 9.17) is 4.99 Å². The maximum absolute atomic E-state index is 4.94. The molecule has 0 aromatic carbocycles. The Morgan fingerprint density at radius 2 is 1.82 bits per heavy atom. The first-order chi connectivity index (χ1) is 12.8. The summed E-state index contributed by atoms with van der Waals surface area (Å²) in [5.74, 6) is 1.54. The zero-order chi connectivity index (χ0) is 20.0. The number of nitrogens with zero attached hydrogens (tertiary/aromatic N) is 4. The molecule has 2 atom stereocenters. The van der Waals surface area contributed by atoms with E-state index in [9.17, 15) is 0 Å². The fraction of sp³-hybridized carbons (Fsp3) is 0.810. The smallest absolute Gasteiger partial charge is 0.191 e. The third kappa shape index (κ3) is 6.90. The number of hydrogen-bond acceptors (Lipinski definition) is 3. The third-order valence-corrected chi connectivity index (χ3v) is 5.71. The molecule has 0 spiro atoms. The van der Waals surface area contributed by atoms with Gasteiger partial charge in [0.25, 0.3) is 0 Å². The molecule has 1 aliphatic heterocycles. The van der Waals surface area contributed by atoms with Gasteiger partial charge in [0.05, 0.1) is 12.2 Å². The monoisotopic (exact) mass is 504 g/mol. The Hall–Kier alpha value is -0.830. The number of rotatable bonds is 8. The molecule has 1 aromatic heterocycles. The molecule has 162 valence electrons. The quantitative estimate of drug-likeness (QED) is 0.324. The summed E-state index contributed by atoms with van der Waals surface area (Å²) in [5, 5.41) is 11.6. The van der Waals surface area contributed by atoms with Crippen LogP contribution < -0.4 is 10.6 Å². The minimum absolute atomic E-state index is 0. The van der Waals surface area contributed by atoms with Gasteiger partial charge in [-0.3, -0.25) is 14.6 Å². The highest BCUT2D eigenvalue weighted by atomic mass is 127. The van der Waals surface area contributed by atoms with Crippen molar-refractivity contribution in [3.8, 4) is 0 Å². The van der Waals surface area contributed by atoms with Crippen LogP contribution in [0.5, 0.6) is 0 Å². The third-order valence-electron chi connectivity index (χ3n) is 5.71. The Balaban J connectivity index is 0.00000392. The van der Waals surface area contributed by atoms with Crippen LogP contribution in [0.2, 0.25) is 0 Å². The number of likely N-dealkylation sites (tertiary alicyclic amines) is 1. The van der Waals surface area contributed by atoms with Gasteiger partial charge in [-0.2, -0.15) is 5.10 Å². The topological polar surface area (TPSA) is 57.5 Å². The predicted molar refractivity (Wildman–Crippen MR) is 130 cm³/mol. The number of hydrogen-bond donors (Lipinski definition) is 2. The lowest BCUT2D eigenvalue weighted by molar-refractivity contribution is 0.197. The molecule has 2 N–H and O–H groups in total. The van der Waals surface area contributed by atoms with E-state index in [-0.39, 0.29) is 24.0 Å². The van der Waals surface area contributed by atoms with Gasteiger partial charge in [-0.25, -0.2) is 0 Å². The molecule has 0 bridgehead atoms. The van der Waals surface area contributed by atoms with Gasteiger partial charge in [0.1, 0.15) is 0 Å². The average Bonchev–Trinajstić information content (AvgIpc) is 3.20. The Labute approximate surface area is 189 Å². The molecule has 0 aliphatic carbocycles. The molecule has 1 saturated heterocycles. The van der Waals surface area contributed by atoms with Gasteiger partial charge < -0.3 is 10.6 Å². The summed E-state index contributed by atoms with van der Waals surface area (Å²) < 4.78 is 1.97. The normalized spacial score (nSPS) is 17.5. The highest BCUT2D eigenvalue weighted by Crippen LogP contribution is 2.18. The molecule has 2 heterocycles. The van der Waals surface area contributed by atoms with Gasteiger partial charge in [0.15, 0.2) is 5.96 Å². The number of aryl methyl sites for hydroxylation is 2. The minimum atomic E-state index is 0.